The highest BCUT2D eigenvalue weighted by Gasteiger charge is 2.20. The van der Waals surface area contributed by atoms with Gasteiger partial charge in [0.1, 0.15) is 12.4 Å². The first kappa shape index (κ1) is 13.8. The Morgan fingerprint density at radius 2 is 2.39 bits per heavy atom. The fraction of sp³-hybridized carbons (Fsp3) is 0.571. The van der Waals surface area contributed by atoms with Gasteiger partial charge in [-0.2, -0.15) is 0 Å². The van der Waals surface area contributed by atoms with Gasteiger partial charge in [0.25, 0.3) is 0 Å². The van der Waals surface area contributed by atoms with E-state index in [0.29, 0.717) is 18.6 Å². The molecule has 0 bridgehead atoms. The number of ether oxygens (including phenoxy) is 2. The van der Waals surface area contributed by atoms with E-state index in [1.54, 1.807) is 0 Å². The molecule has 1 aromatic carbocycles. The topological polar surface area (TPSA) is 30.5 Å². The van der Waals surface area contributed by atoms with E-state index in [1.807, 2.05) is 24.3 Å². The van der Waals surface area contributed by atoms with E-state index in [-0.39, 0.29) is 0 Å². The second kappa shape index (κ2) is 7.12. The van der Waals surface area contributed by atoms with Crippen molar-refractivity contribution in [1.82, 2.24) is 5.32 Å². The average Bonchev–Trinajstić information content (AvgIpc) is 2.37. The van der Waals surface area contributed by atoms with Gasteiger partial charge < -0.3 is 14.8 Å². The van der Waals surface area contributed by atoms with Crippen molar-refractivity contribution < 1.29 is 9.47 Å². The van der Waals surface area contributed by atoms with E-state index in [4.69, 9.17) is 9.47 Å². The molecule has 1 saturated heterocycles. The summed E-state index contributed by atoms with van der Waals surface area (Å²) in [4.78, 5) is 0. The van der Waals surface area contributed by atoms with Gasteiger partial charge in [0.2, 0.25) is 0 Å². The maximum absolute atomic E-state index is 5.69. The lowest BCUT2D eigenvalue weighted by atomic mass is 9.98. The van der Waals surface area contributed by atoms with Crippen molar-refractivity contribution in [3.63, 3.8) is 0 Å². The van der Waals surface area contributed by atoms with E-state index in [9.17, 15) is 0 Å². The van der Waals surface area contributed by atoms with Gasteiger partial charge in [0.15, 0.2) is 0 Å². The van der Waals surface area contributed by atoms with E-state index in [2.05, 4.69) is 28.2 Å². The van der Waals surface area contributed by atoms with Crippen LogP contribution in [-0.4, -0.2) is 32.4 Å². The van der Waals surface area contributed by atoms with Crippen LogP contribution >= 0.6 is 15.9 Å². The van der Waals surface area contributed by atoms with Crippen LogP contribution in [0.5, 0.6) is 5.75 Å². The Bertz CT molecular complexity index is 373. The molecule has 2 unspecified atom stereocenters. The SMILES string of the molecule is CC1COCCC1NCCOc1cccc(Br)c1. The van der Waals surface area contributed by atoms with Gasteiger partial charge in [-0.15, -0.1) is 0 Å². The average molecular weight is 314 g/mol. The summed E-state index contributed by atoms with van der Waals surface area (Å²) in [6.45, 7) is 5.53. The maximum atomic E-state index is 5.69. The Kier molecular flexibility index (Phi) is 5.47. The van der Waals surface area contributed by atoms with E-state index >= 15 is 0 Å². The normalized spacial score (nSPS) is 23.9. The van der Waals surface area contributed by atoms with Crippen LogP contribution in [-0.2, 0) is 4.74 Å². The standard InChI is InChI=1S/C14H20BrNO2/c1-11-10-17-7-5-14(11)16-6-8-18-13-4-2-3-12(15)9-13/h2-4,9,11,14,16H,5-8,10H2,1H3. The zero-order chi connectivity index (χ0) is 12.8. The van der Waals surface area contributed by atoms with Gasteiger partial charge >= 0.3 is 0 Å². The number of nitrogens with one attached hydrogen (secondary N) is 1. The van der Waals surface area contributed by atoms with Gasteiger partial charge in [0.05, 0.1) is 6.61 Å². The summed E-state index contributed by atoms with van der Waals surface area (Å²) in [6.07, 6.45) is 1.10. The van der Waals surface area contributed by atoms with Crippen LogP contribution in [0.2, 0.25) is 0 Å². The van der Waals surface area contributed by atoms with E-state index in [1.165, 1.54) is 0 Å². The number of halogens is 1. The summed E-state index contributed by atoms with van der Waals surface area (Å²) >= 11 is 3.43. The summed E-state index contributed by atoms with van der Waals surface area (Å²) in [5.41, 5.74) is 0. The Morgan fingerprint density at radius 3 is 3.17 bits per heavy atom. The molecule has 1 N–H and O–H groups in total. The highest BCUT2D eigenvalue weighted by Crippen LogP contribution is 2.17. The van der Waals surface area contributed by atoms with Gasteiger partial charge in [-0.1, -0.05) is 28.9 Å². The molecule has 0 aliphatic carbocycles. The van der Waals surface area contributed by atoms with Crippen LogP contribution in [0.15, 0.2) is 28.7 Å². The second-order valence-corrected chi connectivity index (χ2v) is 5.62. The predicted octanol–water partition coefficient (Wildman–Crippen LogP) is 2.84. The minimum absolute atomic E-state index is 0.560. The van der Waals surface area contributed by atoms with Crippen LogP contribution in [0.4, 0.5) is 0 Å². The molecule has 0 amide bonds. The van der Waals surface area contributed by atoms with Gasteiger partial charge in [-0.3, -0.25) is 0 Å². The quantitative estimate of drug-likeness (QED) is 0.848. The molecule has 1 heterocycles. The molecule has 3 nitrogen and oxygen atoms in total. The first-order valence-electron chi connectivity index (χ1n) is 6.45. The Labute approximate surface area is 117 Å². The Balaban J connectivity index is 1.66. The highest BCUT2D eigenvalue weighted by molar-refractivity contribution is 9.10. The van der Waals surface area contributed by atoms with Crippen LogP contribution in [0.1, 0.15) is 13.3 Å². The van der Waals surface area contributed by atoms with Crippen LogP contribution < -0.4 is 10.1 Å². The monoisotopic (exact) mass is 313 g/mol. The molecule has 2 atom stereocenters. The first-order valence-corrected chi connectivity index (χ1v) is 7.24. The molecule has 0 spiro atoms. The molecular formula is C14H20BrNO2. The van der Waals surface area contributed by atoms with Crippen molar-refractivity contribution in [1.29, 1.82) is 0 Å². The lowest BCUT2D eigenvalue weighted by Crippen LogP contribution is -2.42. The summed E-state index contributed by atoms with van der Waals surface area (Å²) in [5.74, 6) is 1.50. The highest BCUT2D eigenvalue weighted by atomic mass is 79.9. The van der Waals surface area contributed by atoms with Crippen LogP contribution in [0, 0.1) is 5.92 Å². The van der Waals surface area contributed by atoms with Gasteiger partial charge in [0, 0.05) is 23.7 Å². The predicted molar refractivity (Wildman–Crippen MR) is 76.0 cm³/mol. The fourth-order valence-corrected chi connectivity index (χ4v) is 2.53. The first-order chi connectivity index (χ1) is 8.75. The third-order valence-corrected chi connectivity index (χ3v) is 3.71. The van der Waals surface area contributed by atoms with Crippen molar-refractivity contribution in [3.05, 3.63) is 28.7 Å². The summed E-state index contributed by atoms with van der Waals surface area (Å²) in [7, 11) is 0. The summed E-state index contributed by atoms with van der Waals surface area (Å²) < 4.78 is 12.2. The number of benzene rings is 1. The Hall–Kier alpha value is -0.580. The van der Waals surface area contributed by atoms with Crippen molar-refractivity contribution in [3.8, 4) is 5.75 Å². The molecule has 2 rings (SSSR count). The van der Waals surface area contributed by atoms with Crippen molar-refractivity contribution in [2.45, 2.75) is 19.4 Å². The third kappa shape index (κ3) is 4.26. The molecule has 0 radical (unpaired) electrons. The fourth-order valence-electron chi connectivity index (χ4n) is 2.15. The minimum atomic E-state index is 0.560. The molecule has 1 aliphatic heterocycles. The number of rotatable bonds is 5. The summed E-state index contributed by atoms with van der Waals surface area (Å²) in [6, 6.07) is 8.49. The second-order valence-electron chi connectivity index (χ2n) is 4.71. The number of hydrogen-bond acceptors (Lipinski definition) is 3. The maximum Gasteiger partial charge on any atom is 0.120 e. The smallest absolute Gasteiger partial charge is 0.120 e. The lowest BCUT2D eigenvalue weighted by Gasteiger charge is -2.29. The van der Waals surface area contributed by atoms with Crippen LogP contribution in [0.25, 0.3) is 0 Å². The van der Waals surface area contributed by atoms with E-state index in [0.717, 1.165) is 36.4 Å². The molecular weight excluding hydrogens is 294 g/mol. The lowest BCUT2D eigenvalue weighted by molar-refractivity contribution is 0.0383. The molecule has 18 heavy (non-hydrogen) atoms. The largest absolute Gasteiger partial charge is 0.492 e. The zero-order valence-electron chi connectivity index (χ0n) is 10.7. The van der Waals surface area contributed by atoms with Crippen LogP contribution in [0.3, 0.4) is 0 Å². The molecule has 1 fully saturated rings. The Morgan fingerprint density at radius 1 is 1.50 bits per heavy atom. The molecule has 1 aromatic rings. The molecule has 4 heteroatoms. The van der Waals surface area contributed by atoms with Crippen molar-refractivity contribution in [2.75, 3.05) is 26.4 Å². The number of hydrogen-bond donors (Lipinski definition) is 1. The minimum Gasteiger partial charge on any atom is -0.492 e. The molecule has 1 aliphatic rings. The third-order valence-electron chi connectivity index (χ3n) is 3.21. The molecule has 0 aromatic heterocycles. The molecule has 0 saturated carbocycles. The zero-order valence-corrected chi connectivity index (χ0v) is 12.3. The summed E-state index contributed by atoms with van der Waals surface area (Å²) in [5, 5.41) is 3.54. The van der Waals surface area contributed by atoms with Crippen molar-refractivity contribution >= 4 is 15.9 Å². The van der Waals surface area contributed by atoms with Crippen molar-refractivity contribution in [2.24, 2.45) is 5.92 Å². The van der Waals surface area contributed by atoms with Gasteiger partial charge in [-0.25, -0.2) is 0 Å². The van der Waals surface area contributed by atoms with E-state index < -0.39 is 0 Å². The molecule has 100 valence electrons. The van der Waals surface area contributed by atoms with Gasteiger partial charge in [-0.05, 0) is 30.5 Å².